The molecule has 0 aliphatic carbocycles. The molecule has 0 amide bonds. The van der Waals surface area contributed by atoms with Crippen molar-refractivity contribution in [3.63, 3.8) is 0 Å². The van der Waals surface area contributed by atoms with Crippen molar-refractivity contribution < 1.29 is 19.4 Å². The van der Waals surface area contributed by atoms with Gasteiger partial charge in [-0.15, -0.1) is 0 Å². The smallest absolute Gasteiger partial charge is 0.335 e. The average Bonchev–Trinajstić information content (AvgIpc) is 2.73. The summed E-state index contributed by atoms with van der Waals surface area (Å²) in [6, 6.07) is 13.9. The van der Waals surface area contributed by atoms with Gasteiger partial charge in [0.05, 0.1) is 12.7 Å². The van der Waals surface area contributed by atoms with Crippen molar-refractivity contribution in [1.29, 1.82) is 0 Å². The zero-order valence-corrected chi connectivity index (χ0v) is 19.9. The van der Waals surface area contributed by atoms with Crippen LogP contribution in [0.15, 0.2) is 53.0 Å². The normalized spacial score (nSPS) is 10.6. The number of aromatic carboxylic acids is 1. The number of rotatable bonds is 8. The molecule has 0 radical (unpaired) electrons. The van der Waals surface area contributed by atoms with Gasteiger partial charge in [-0.05, 0) is 48.9 Å². The highest BCUT2D eigenvalue weighted by Gasteiger charge is 2.16. The third-order valence-electron chi connectivity index (χ3n) is 4.71. The molecule has 162 valence electrons. The van der Waals surface area contributed by atoms with Crippen LogP contribution in [0.4, 0.5) is 5.69 Å². The minimum absolute atomic E-state index is 0.215. The predicted octanol–water partition coefficient (Wildman–Crippen LogP) is 6.96. The van der Waals surface area contributed by atoms with Gasteiger partial charge in [0.25, 0.3) is 0 Å². The van der Waals surface area contributed by atoms with Crippen molar-refractivity contribution in [3.05, 3.63) is 85.3 Å². The number of carboxylic acid groups (broad SMARTS) is 1. The molecule has 3 rings (SSSR count). The van der Waals surface area contributed by atoms with Gasteiger partial charge in [-0.25, -0.2) is 4.79 Å². The van der Waals surface area contributed by atoms with E-state index in [0.29, 0.717) is 28.1 Å². The Balaban J connectivity index is 1.88. The molecule has 0 bridgehead atoms. The highest BCUT2D eigenvalue weighted by Crippen LogP contribution is 2.38. The fraction of sp³-hybridized carbons (Fsp3) is 0.174. The van der Waals surface area contributed by atoms with E-state index in [4.69, 9.17) is 32.7 Å². The molecule has 8 heteroatoms. The number of nitrogens with one attached hydrogen (secondary N) is 1. The predicted molar refractivity (Wildman–Crippen MR) is 127 cm³/mol. The molecule has 0 fully saturated rings. The Bertz CT molecular complexity index is 1120. The monoisotopic (exact) mass is 523 g/mol. The maximum absolute atomic E-state index is 11.3. The molecule has 0 heterocycles. The van der Waals surface area contributed by atoms with E-state index in [1.165, 1.54) is 0 Å². The largest absolute Gasteiger partial charge is 0.493 e. The van der Waals surface area contributed by atoms with Crippen LogP contribution in [-0.4, -0.2) is 18.2 Å². The van der Waals surface area contributed by atoms with E-state index in [1.807, 2.05) is 25.1 Å². The van der Waals surface area contributed by atoms with Crippen molar-refractivity contribution in [1.82, 2.24) is 0 Å². The first-order chi connectivity index (χ1) is 14.8. The summed E-state index contributed by atoms with van der Waals surface area (Å²) in [6.07, 6.45) is 0. The van der Waals surface area contributed by atoms with Crippen molar-refractivity contribution >= 4 is 50.8 Å². The molecule has 5 nitrogen and oxygen atoms in total. The summed E-state index contributed by atoms with van der Waals surface area (Å²) in [5, 5.41) is 13.6. The van der Waals surface area contributed by atoms with E-state index in [9.17, 15) is 9.90 Å². The number of ether oxygens (including phenoxy) is 2. The fourth-order valence-corrected chi connectivity index (χ4v) is 3.90. The maximum atomic E-state index is 11.3. The van der Waals surface area contributed by atoms with E-state index in [0.717, 1.165) is 26.9 Å². The fourth-order valence-electron chi connectivity index (χ4n) is 2.98. The zero-order chi connectivity index (χ0) is 22.5. The molecule has 0 spiro atoms. The van der Waals surface area contributed by atoms with Crippen LogP contribution < -0.4 is 14.8 Å². The average molecular weight is 525 g/mol. The van der Waals surface area contributed by atoms with E-state index in [1.54, 1.807) is 37.4 Å². The number of carboxylic acids is 1. The Hall–Kier alpha value is -2.41. The van der Waals surface area contributed by atoms with Gasteiger partial charge in [0, 0.05) is 37.9 Å². The first kappa shape index (κ1) is 23.3. The van der Waals surface area contributed by atoms with Crippen molar-refractivity contribution in [2.45, 2.75) is 20.1 Å². The third-order valence-corrected chi connectivity index (χ3v) is 6.04. The van der Waals surface area contributed by atoms with Crippen molar-refractivity contribution in [2.24, 2.45) is 0 Å². The zero-order valence-electron chi connectivity index (χ0n) is 16.8. The number of carbonyl (C=O) groups is 1. The maximum Gasteiger partial charge on any atom is 0.335 e. The molecule has 0 saturated carbocycles. The number of halogens is 3. The van der Waals surface area contributed by atoms with Gasteiger partial charge in [-0.2, -0.15) is 0 Å². The number of methoxy groups -OCH3 is 1. The van der Waals surface area contributed by atoms with Gasteiger partial charge >= 0.3 is 5.97 Å². The van der Waals surface area contributed by atoms with Crippen molar-refractivity contribution in [3.8, 4) is 11.5 Å². The van der Waals surface area contributed by atoms with Crippen LogP contribution in [0.25, 0.3) is 0 Å². The standard InChI is InChI=1S/C23H20BrCl2NO4/c1-13-3-4-14(23(28)29)9-20(13)27-11-17-18(24)7-8-21(30-2)22(17)31-12-15-5-6-16(25)10-19(15)26/h3-10,27H,11-12H2,1-2H3,(H,28,29). The van der Waals surface area contributed by atoms with Gasteiger partial charge in [-0.3, -0.25) is 0 Å². The lowest BCUT2D eigenvalue weighted by atomic mass is 10.1. The van der Waals surface area contributed by atoms with Crippen LogP contribution in [0.3, 0.4) is 0 Å². The first-order valence-electron chi connectivity index (χ1n) is 9.30. The number of hydrogen-bond acceptors (Lipinski definition) is 4. The SMILES string of the molecule is COc1ccc(Br)c(CNc2cc(C(=O)O)ccc2C)c1OCc1ccc(Cl)cc1Cl. The number of hydrogen-bond donors (Lipinski definition) is 2. The topological polar surface area (TPSA) is 67.8 Å². The quantitative estimate of drug-likeness (QED) is 0.333. The Morgan fingerprint density at radius 3 is 2.58 bits per heavy atom. The Morgan fingerprint density at radius 1 is 1.13 bits per heavy atom. The molecule has 3 aromatic carbocycles. The second kappa shape index (κ2) is 10.3. The molecule has 0 aromatic heterocycles. The van der Waals surface area contributed by atoms with E-state index in [-0.39, 0.29) is 12.2 Å². The number of aryl methyl sites for hydroxylation is 1. The van der Waals surface area contributed by atoms with Gasteiger partial charge in [0.15, 0.2) is 11.5 Å². The van der Waals surface area contributed by atoms with Gasteiger partial charge in [0.1, 0.15) is 6.61 Å². The van der Waals surface area contributed by atoms with Crippen LogP contribution in [0.1, 0.15) is 27.0 Å². The molecular formula is C23H20BrCl2NO4. The lowest BCUT2D eigenvalue weighted by Gasteiger charge is -2.18. The Kier molecular flexibility index (Phi) is 7.70. The lowest BCUT2D eigenvalue weighted by Crippen LogP contribution is -2.08. The van der Waals surface area contributed by atoms with Crippen LogP contribution in [0.2, 0.25) is 10.0 Å². The highest BCUT2D eigenvalue weighted by atomic mass is 79.9. The lowest BCUT2D eigenvalue weighted by molar-refractivity contribution is 0.0697. The summed E-state index contributed by atoms with van der Waals surface area (Å²) in [5.74, 6) is 0.151. The number of anilines is 1. The van der Waals surface area contributed by atoms with Crippen LogP contribution in [0, 0.1) is 6.92 Å². The highest BCUT2D eigenvalue weighted by molar-refractivity contribution is 9.10. The molecule has 31 heavy (non-hydrogen) atoms. The van der Waals surface area contributed by atoms with Crippen molar-refractivity contribution in [2.75, 3.05) is 12.4 Å². The molecule has 0 unspecified atom stereocenters. The minimum Gasteiger partial charge on any atom is -0.493 e. The number of benzene rings is 3. The summed E-state index contributed by atoms with van der Waals surface area (Å²) in [4.78, 5) is 11.3. The van der Waals surface area contributed by atoms with Gasteiger partial charge in [0.2, 0.25) is 0 Å². The Morgan fingerprint density at radius 2 is 1.90 bits per heavy atom. The van der Waals surface area contributed by atoms with Crippen LogP contribution >= 0.6 is 39.1 Å². The molecule has 3 aromatic rings. The molecule has 0 aliphatic heterocycles. The van der Waals surface area contributed by atoms with E-state index >= 15 is 0 Å². The van der Waals surface area contributed by atoms with E-state index < -0.39 is 5.97 Å². The minimum atomic E-state index is -0.977. The third kappa shape index (κ3) is 5.64. The summed E-state index contributed by atoms with van der Waals surface area (Å²) in [7, 11) is 1.57. The van der Waals surface area contributed by atoms with Gasteiger partial charge in [-0.1, -0.05) is 51.3 Å². The Labute approximate surface area is 199 Å². The summed E-state index contributed by atoms with van der Waals surface area (Å²) >= 11 is 15.8. The summed E-state index contributed by atoms with van der Waals surface area (Å²) < 4.78 is 12.4. The summed E-state index contributed by atoms with van der Waals surface area (Å²) in [5.41, 5.74) is 3.48. The van der Waals surface area contributed by atoms with E-state index in [2.05, 4.69) is 21.2 Å². The second-order valence-corrected chi connectivity index (χ2v) is 8.47. The van der Waals surface area contributed by atoms with Gasteiger partial charge < -0.3 is 19.9 Å². The first-order valence-corrected chi connectivity index (χ1v) is 10.8. The molecule has 0 aliphatic rings. The molecule has 0 atom stereocenters. The van der Waals surface area contributed by atoms with Crippen LogP contribution in [-0.2, 0) is 13.2 Å². The molecule has 2 N–H and O–H groups in total. The summed E-state index contributed by atoms with van der Waals surface area (Å²) in [6.45, 7) is 2.52. The van der Waals surface area contributed by atoms with Crippen LogP contribution in [0.5, 0.6) is 11.5 Å². The molecular weight excluding hydrogens is 505 g/mol. The molecule has 0 saturated heterocycles. The second-order valence-electron chi connectivity index (χ2n) is 6.77.